The number of thiazole rings is 1. The van der Waals surface area contributed by atoms with Gasteiger partial charge in [-0.3, -0.25) is 14.5 Å². The fourth-order valence-electron chi connectivity index (χ4n) is 2.94. The molecule has 1 aliphatic rings. The number of aliphatic carboxylic acids is 1. The van der Waals surface area contributed by atoms with E-state index in [1.165, 1.54) is 29.2 Å². The largest absolute Gasteiger partial charge is 0.481 e. The molecule has 3 rings (SSSR count). The van der Waals surface area contributed by atoms with Crippen LogP contribution in [0, 0.1) is 11.6 Å². The molecule has 1 saturated heterocycles. The highest BCUT2D eigenvalue weighted by Crippen LogP contribution is 2.22. The van der Waals surface area contributed by atoms with Gasteiger partial charge in [0.15, 0.2) is 16.0 Å². The van der Waals surface area contributed by atoms with Crippen molar-refractivity contribution in [1.82, 2.24) is 15.2 Å². The fourth-order valence-corrected chi connectivity index (χ4v) is 4.62. The number of benzene rings is 1. The molecule has 0 aliphatic carbocycles. The Morgan fingerprint density at radius 1 is 1.37 bits per heavy atom. The van der Waals surface area contributed by atoms with Gasteiger partial charge >= 0.3 is 5.97 Å². The molecule has 2 aromatic rings. The number of carbonyl (C=O) groups excluding carboxylic acids is 1. The number of nitrogens with one attached hydrogen (secondary N) is 1. The Balaban J connectivity index is 1.39. The van der Waals surface area contributed by atoms with Crippen LogP contribution in [0.5, 0.6) is 0 Å². The average Bonchev–Trinajstić information content (AvgIpc) is 3.14. The second-order valence-corrected chi connectivity index (χ2v) is 8.82. The molecular formula is C19H21F2N3O4S2. The lowest BCUT2D eigenvalue weighted by Gasteiger charge is -2.33. The smallest absolute Gasteiger partial charge is 0.309 e. The summed E-state index contributed by atoms with van der Waals surface area (Å²) in [4.78, 5) is 29.0. The van der Waals surface area contributed by atoms with E-state index in [1.807, 2.05) is 0 Å². The molecule has 1 aliphatic heterocycles. The Labute approximate surface area is 180 Å². The van der Waals surface area contributed by atoms with Gasteiger partial charge in [0, 0.05) is 31.6 Å². The van der Waals surface area contributed by atoms with Gasteiger partial charge in [0.05, 0.1) is 30.6 Å². The summed E-state index contributed by atoms with van der Waals surface area (Å²) in [5.41, 5.74) is 1.16. The van der Waals surface area contributed by atoms with Crippen molar-refractivity contribution >= 4 is 35.0 Å². The Hall–Kier alpha value is -2.08. The van der Waals surface area contributed by atoms with Crippen LogP contribution in [-0.2, 0) is 27.3 Å². The number of amides is 1. The molecule has 162 valence electrons. The lowest BCUT2D eigenvalue weighted by Crippen LogP contribution is -2.47. The van der Waals surface area contributed by atoms with Crippen molar-refractivity contribution < 1.29 is 28.2 Å². The minimum Gasteiger partial charge on any atom is -0.481 e. The van der Waals surface area contributed by atoms with Crippen LogP contribution in [0.4, 0.5) is 8.78 Å². The predicted molar refractivity (Wildman–Crippen MR) is 109 cm³/mol. The lowest BCUT2D eigenvalue weighted by atomic mass is 10.1. The second kappa shape index (κ2) is 10.8. The number of hydrogen-bond donors (Lipinski definition) is 2. The van der Waals surface area contributed by atoms with Crippen LogP contribution < -0.4 is 5.32 Å². The number of hydrogen-bond acceptors (Lipinski definition) is 7. The quantitative estimate of drug-likeness (QED) is 0.558. The zero-order chi connectivity index (χ0) is 21.5. The van der Waals surface area contributed by atoms with Crippen molar-refractivity contribution in [3.05, 3.63) is 46.5 Å². The number of ether oxygens (including phenoxy) is 1. The van der Waals surface area contributed by atoms with E-state index in [0.717, 1.165) is 6.07 Å². The first-order valence-corrected chi connectivity index (χ1v) is 11.1. The van der Waals surface area contributed by atoms with E-state index in [2.05, 4.69) is 15.2 Å². The summed E-state index contributed by atoms with van der Waals surface area (Å²) in [6.07, 6.45) is -0.330. The number of carboxylic acids is 1. The van der Waals surface area contributed by atoms with Crippen LogP contribution in [0.25, 0.3) is 0 Å². The van der Waals surface area contributed by atoms with Crippen molar-refractivity contribution in [2.75, 3.05) is 32.0 Å². The van der Waals surface area contributed by atoms with E-state index >= 15 is 0 Å². The number of nitrogens with zero attached hydrogens (tertiary/aromatic N) is 2. The zero-order valence-corrected chi connectivity index (χ0v) is 17.6. The average molecular weight is 458 g/mol. The maximum atomic E-state index is 13.4. The van der Waals surface area contributed by atoms with E-state index in [-0.39, 0.29) is 24.2 Å². The summed E-state index contributed by atoms with van der Waals surface area (Å²) in [6, 6.07) is 3.87. The summed E-state index contributed by atoms with van der Waals surface area (Å²) in [6.45, 7) is 2.54. The topological polar surface area (TPSA) is 91.8 Å². The third-order valence-electron chi connectivity index (χ3n) is 4.33. The third kappa shape index (κ3) is 7.01. The van der Waals surface area contributed by atoms with Gasteiger partial charge in [0.1, 0.15) is 0 Å². The minimum absolute atomic E-state index is 0.136. The van der Waals surface area contributed by atoms with Crippen LogP contribution >= 0.6 is 23.1 Å². The summed E-state index contributed by atoms with van der Waals surface area (Å²) < 4.78 is 32.8. The summed E-state index contributed by atoms with van der Waals surface area (Å²) in [7, 11) is 0. The first kappa shape index (κ1) is 22.6. The van der Waals surface area contributed by atoms with Crippen LogP contribution in [0.3, 0.4) is 0 Å². The van der Waals surface area contributed by atoms with Crippen LogP contribution in [-0.4, -0.2) is 65.0 Å². The molecule has 1 atom stereocenters. The van der Waals surface area contributed by atoms with Crippen LogP contribution in [0.2, 0.25) is 0 Å². The van der Waals surface area contributed by atoms with Crippen molar-refractivity contribution in [1.29, 1.82) is 0 Å². The first-order valence-electron chi connectivity index (χ1n) is 9.22. The molecule has 1 aromatic heterocycles. The van der Waals surface area contributed by atoms with Crippen LogP contribution in [0.1, 0.15) is 11.3 Å². The van der Waals surface area contributed by atoms with E-state index < -0.39 is 17.6 Å². The van der Waals surface area contributed by atoms with E-state index in [9.17, 15) is 18.4 Å². The molecule has 0 saturated carbocycles. The Morgan fingerprint density at radius 2 is 2.20 bits per heavy atom. The highest BCUT2D eigenvalue weighted by Gasteiger charge is 2.21. The molecule has 1 amide bonds. The molecule has 0 spiro atoms. The first-order chi connectivity index (χ1) is 14.4. The van der Waals surface area contributed by atoms with Crippen LogP contribution in [0.15, 0.2) is 27.9 Å². The highest BCUT2D eigenvalue weighted by molar-refractivity contribution is 8.01. The normalized spacial score (nSPS) is 17.1. The number of rotatable bonds is 9. The molecule has 30 heavy (non-hydrogen) atoms. The third-order valence-corrected chi connectivity index (χ3v) is 6.40. The molecule has 7 nitrogen and oxygen atoms in total. The van der Waals surface area contributed by atoms with Gasteiger partial charge < -0.3 is 15.2 Å². The molecular weight excluding hydrogens is 436 g/mol. The van der Waals surface area contributed by atoms with E-state index in [1.54, 1.807) is 11.4 Å². The summed E-state index contributed by atoms with van der Waals surface area (Å²) in [5.74, 6) is -2.67. The maximum absolute atomic E-state index is 13.4. The number of aromatic nitrogens is 1. The van der Waals surface area contributed by atoms with Gasteiger partial charge in [-0.2, -0.15) is 0 Å². The number of halogens is 2. The Kier molecular flexibility index (Phi) is 8.14. The van der Waals surface area contributed by atoms with Gasteiger partial charge in [0.2, 0.25) is 5.91 Å². The Bertz CT molecular complexity index is 896. The van der Waals surface area contributed by atoms with Gasteiger partial charge in [-0.15, -0.1) is 11.3 Å². The van der Waals surface area contributed by atoms with Gasteiger partial charge in [0.25, 0.3) is 0 Å². The van der Waals surface area contributed by atoms with Gasteiger partial charge in [-0.25, -0.2) is 13.8 Å². The molecule has 11 heteroatoms. The highest BCUT2D eigenvalue weighted by atomic mass is 32.2. The van der Waals surface area contributed by atoms with E-state index in [0.29, 0.717) is 48.4 Å². The number of carboxylic acid groups (broad SMARTS) is 1. The molecule has 0 radical (unpaired) electrons. The van der Waals surface area contributed by atoms with Crippen molar-refractivity contribution in [2.45, 2.75) is 23.4 Å². The second-order valence-electron chi connectivity index (χ2n) is 6.74. The van der Waals surface area contributed by atoms with Gasteiger partial charge in [-0.1, -0.05) is 17.8 Å². The SMILES string of the molecule is O=C(O)Cc1csc(SCC(=O)NCC2CN(Cc3ccc(F)c(F)c3)CCO2)n1. The van der Waals surface area contributed by atoms with Crippen molar-refractivity contribution in [2.24, 2.45) is 0 Å². The predicted octanol–water partition coefficient (Wildman–Crippen LogP) is 2.16. The summed E-state index contributed by atoms with van der Waals surface area (Å²) in [5, 5.41) is 13.3. The molecule has 1 unspecified atom stereocenters. The molecule has 2 N–H and O–H groups in total. The standard InChI is InChI=1S/C19H21F2N3O4S2/c20-15-2-1-12(5-16(15)21)8-24-3-4-28-14(9-24)7-22-17(25)11-30-19-23-13(10-29-19)6-18(26)27/h1-2,5,10,14H,3-4,6-9,11H2,(H,22,25)(H,26,27). The molecule has 0 bridgehead atoms. The minimum atomic E-state index is -0.944. The van der Waals surface area contributed by atoms with E-state index in [4.69, 9.17) is 9.84 Å². The number of morpholine rings is 1. The number of thioether (sulfide) groups is 1. The zero-order valence-electron chi connectivity index (χ0n) is 16.0. The monoisotopic (exact) mass is 457 g/mol. The molecule has 2 heterocycles. The number of carbonyl (C=O) groups is 2. The lowest BCUT2D eigenvalue weighted by molar-refractivity contribution is -0.136. The molecule has 1 fully saturated rings. The summed E-state index contributed by atoms with van der Waals surface area (Å²) >= 11 is 2.56. The molecule has 1 aromatic carbocycles. The maximum Gasteiger partial charge on any atom is 0.309 e. The Morgan fingerprint density at radius 3 is 2.97 bits per heavy atom. The van der Waals surface area contributed by atoms with Gasteiger partial charge in [-0.05, 0) is 17.7 Å². The fraction of sp³-hybridized carbons (Fsp3) is 0.421. The van der Waals surface area contributed by atoms with Crippen molar-refractivity contribution in [3.8, 4) is 0 Å². The van der Waals surface area contributed by atoms with Crippen molar-refractivity contribution in [3.63, 3.8) is 0 Å².